The fraction of sp³-hybridized carbons (Fsp3) is 0. The van der Waals surface area contributed by atoms with Gasteiger partial charge in [0.15, 0.2) is 4.77 Å². The second-order valence-electron chi connectivity index (χ2n) is 5.31. The van der Waals surface area contributed by atoms with E-state index in [2.05, 4.69) is 20.9 Å². The summed E-state index contributed by atoms with van der Waals surface area (Å²) in [5, 5.41) is 0.839. The van der Waals surface area contributed by atoms with Crippen molar-refractivity contribution in [3.8, 4) is 16.9 Å². The predicted octanol–water partition coefficient (Wildman–Crippen LogP) is 5.07. The summed E-state index contributed by atoms with van der Waals surface area (Å²) in [6, 6.07) is 17.0. The van der Waals surface area contributed by atoms with E-state index in [0.717, 1.165) is 15.5 Å². The number of fused-ring (bicyclic) bond motifs is 1. The van der Waals surface area contributed by atoms with Crippen LogP contribution in [0.25, 0.3) is 27.9 Å². The summed E-state index contributed by atoms with van der Waals surface area (Å²) in [5.74, 6) is 0. The normalized spacial score (nSPS) is 11.0. The lowest BCUT2D eigenvalue weighted by molar-refractivity contribution is 0.563. The molecule has 2 aromatic heterocycles. The van der Waals surface area contributed by atoms with E-state index in [1.807, 2.05) is 59.3 Å². The Morgan fingerprint density at radius 1 is 1.08 bits per heavy atom. The maximum Gasteiger partial charge on any atom is 0.345 e. The minimum Gasteiger partial charge on any atom is -0.422 e. The van der Waals surface area contributed by atoms with Gasteiger partial charge in [-0.05, 0) is 48.6 Å². The molecule has 0 fully saturated rings. The van der Waals surface area contributed by atoms with Crippen LogP contribution in [-0.4, -0.2) is 9.55 Å². The van der Waals surface area contributed by atoms with E-state index < -0.39 is 5.63 Å². The van der Waals surface area contributed by atoms with Crippen LogP contribution in [0.1, 0.15) is 0 Å². The molecule has 0 bridgehead atoms. The van der Waals surface area contributed by atoms with Gasteiger partial charge in [0.05, 0.1) is 11.3 Å². The lowest BCUT2D eigenvalue weighted by Crippen LogP contribution is -2.02. The van der Waals surface area contributed by atoms with E-state index in [1.54, 1.807) is 6.07 Å². The van der Waals surface area contributed by atoms with Crippen molar-refractivity contribution < 1.29 is 4.42 Å². The van der Waals surface area contributed by atoms with Crippen LogP contribution in [0, 0.1) is 4.77 Å². The number of aromatic amines is 1. The zero-order chi connectivity index (χ0) is 16.7. The number of benzene rings is 2. The molecule has 0 spiro atoms. The Morgan fingerprint density at radius 2 is 1.88 bits per heavy atom. The molecule has 1 N–H and O–H groups in total. The van der Waals surface area contributed by atoms with Gasteiger partial charge in [-0.15, -0.1) is 0 Å². The third-order valence-electron chi connectivity index (χ3n) is 3.74. The van der Waals surface area contributed by atoms with Crippen molar-refractivity contribution in [1.29, 1.82) is 0 Å². The molecule has 0 amide bonds. The Hall–Kier alpha value is -2.44. The minimum atomic E-state index is -0.402. The molecule has 0 aliphatic carbocycles. The molecular weight excluding hydrogens is 388 g/mol. The van der Waals surface area contributed by atoms with Crippen LogP contribution in [0.3, 0.4) is 0 Å². The van der Waals surface area contributed by atoms with Crippen LogP contribution in [-0.2, 0) is 0 Å². The van der Waals surface area contributed by atoms with Gasteiger partial charge in [-0.25, -0.2) is 4.79 Å². The molecule has 118 valence electrons. The predicted molar refractivity (Wildman–Crippen MR) is 100 cm³/mol. The van der Waals surface area contributed by atoms with Gasteiger partial charge in [-0.2, -0.15) is 0 Å². The lowest BCUT2D eigenvalue weighted by atomic mass is 10.1. The highest BCUT2D eigenvalue weighted by atomic mass is 79.9. The second kappa shape index (κ2) is 5.89. The molecule has 4 rings (SSSR count). The van der Waals surface area contributed by atoms with Crippen LogP contribution in [0.4, 0.5) is 0 Å². The number of aromatic nitrogens is 2. The van der Waals surface area contributed by atoms with Crippen LogP contribution >= 0.6 is 28.1 Å². The molecule has 2 aromatic carbocycles. The van der Waals surface area contributed by atoms with E-state index >= 15 is 0 Å². The highest BCUT2D eigenvalue weighted by Crippen LogP contribution is 2.24. The van der Waals surface area contributed by atoms with E-state index in [-0.39, 0.29) is 0 Å². The largest absolute Gasteiger partial charge is 0.422 e. The highest BCUT2D eigenvalue weighted by molar-refractivity contribution is 9.10. The van der Waals surface area contributed by atoms with Crippen molar-refractivity contribution in [1.82, 2.24) is 9.55 Å². The van der Waals surface area contributed by atoms with Crippen molar-refractivity contribution in [3.05, 3.63) is 80.5 Å². The molecule has 24 heavy (non-hydrogen) atoms. The smallest absolute Gasteiger partial charge is 0.345 e. The summed E-state index contributed by atoms with van der Waals surface area (Å²) >= 11 is 8.81. The molecule has 0 radical (unpaired) electrons. The maximum atomic E-state index is 12.3. The van der Waals surface area contributed by atoms with Crippen LogP contribution in [0.2, 0.25) is 0 Å². The van der Waals surface area contributed by atoms with Gasteiger partial charge in [-0.1, -0.05) is 34.1 Å². The minimum absolute atomic E-state index is 0.402. The van der Waals surface area contributed by atoms with Crippen LogP contribution in [0.5, 0.6) is 0 Å². The molecule has 0 unspecified atom stereocenters. The number of halogens is 1. The second-order valence-corrected chi connectivity index (χ2v) is 6.61. The quantitative estimate of drug-likeness (QED) is 0.378. The molecule has 2 heterocycles. The molecule has 6 heteroatoms. The standard InChI is InChI=1S/C18H11BrN2O2S/c19-12-6-7-16-11(8-12)9-14(17(22)23-16)15-10-21(18(24)20-15)13-4-2-1-3-5-13/h1-10H,(H,20,24). The Balaban J connectivity index is 1.91. The molecule has 0 aliphatic heterocycles. The Morgan fingerprint density at radius 3 is 2.67 bits per heavy atom. The van der Waals surface area contributed by atoms with Crippen molar-refractivity contribution in [3.63, 3.8) is 0 Å². The van der Waals surface area contributed by atoms with Gasteiger partial charge in [0.25, 0.3) is 0 Å². The summed E-state index contributed by atoms with van der Waals surface area (Å²) in [4.78, 5) is 15.4. The van der Waals surface area contributed by atoms with Gasteiger partial charge in [0, 0.05) is 21.7 Å². The Labute approximate surface area is 150 Å². The van der Waals surface area contributed by atoms with E-state index in [1.165, 1.54) is 0 Å². The fourth-order valence-electron chi connectivity index (χ4n) is 2.59. The third kappa shape index (κ3) is 2.64. The van der Waals surface area contributed by atoms with E-state index in [9.17, 15) is 4.79 Å². The molecule has 4 aromatic rings. The zero-order valence-electron chi connectivity index (χ0n) is 12.3. The molecule has 0 aliphatic rings. The summed E-state index contributed by atoms with van der Waals surface area (Å²) in [6.45, 7) is 0. The van der Waals surface area contributed by atoms with Crippen molar-refractivity contribution >= 4 is 39.1 Å². The number of nitrogens with zero attached hydrogens (tertiary/aromatic N) is 1. The van der Waals surface area contributed by atoms with Crippen molar-refractivity contribution in [2.24, 2.45) is 0 Å². The average molecular weight is 399 g/mol. The SMILES string of the molecule is O=c1oc2ccc(Br)cc2cc1-c1cn(-c2ccccc2)c(=S)[nH]1. The van der Waals surface area contributed by atoms with E-state index in [4.69, 9.17) is 16.6 Å². The molecule has 0 saturated carbocycles. The average Bonchev–Trinajstić information content (AvgIpc) is 2.97. The fourth-order valence-corrected chi connectivity index (χ4v) is 3.24. The summed E-state index contributed by atoms with van der Waals surface area (Å²) in [7, 11) is 0. The number of para-hydroxylation sites is 1. The summed E-state index contributed by atoms with van der Waals surface area (Å²) in [6.07, 6.45) is 1.81. The van der Waals surface area contributed by atoms with Crippen LogP contribution in [0.15, 0.2) is 74.5 Å². The number of hydrogen-bond donors (Lipinski definition) is 1. The number of hydrogen-bond acceptors (Lipinski definition) is 3. The highest BCUT2D eigenvalue weighted by Gasteiger charge is 2.11. The number of imidazole rings is 1. The first-order valence-electron chi connectivity index (χ1n) is 7.23. The van der Waals surface area contributed by atoms with Crippen LogP contribution < -0.4 is 5.63 Å². The number of H-pyrrole nitrogens is 1. The zero-order valence-corrected chi connectivity index (χ0v) is 14.7. The lowest BCUT2D eigenvalue weighted by Gasteiger charge is -2.01. The van der Waals surface area contributed by atoms with Crippen molar-refractivity contribution in [2.75, 3.05) is 0 Å². The first-order valence-corrected chi connectivity index (χ1v) is 8.43. The first kappa shape index (κ1) is 15.1. The molecular formula is C18H11BrN2O2S. The topological polar surface area (TPSA) is 50.9 Å². The van der Waals surface area contributed by atoms with Crippen molar-refractivity contribution in [2.45, 2.75) is 0 Å². The Bertz CT molecular complexity index is 1160. The first-order chi connectivity index (χ1) is 11.6. The third-order valence-corrected chi connectivity index (χ3v) is 4.53. The summed E-state index contributed by atoms with van der Waals surface area (Å²) in [5.41, 5.74) is 2.15. The number of rotatable bonds is 2. The van der Waals surface area contributed by atoms with Gasteiger partial charge < -0.3 is 9.40 Å². The molecule has 0 atom stereocenters. The van der Waals surface area contributed by atoms with Gasteiger partial charge >= 0.3 is 5.63 Å². The van der Waals surface area contributed by atoms with Gasteiger partial charge in [0.1, 0.15) is 5.58 Å². The number of nitrogens with one attached hydrogen (secondary N) is 1. The molecule has 4 nitrogen and oxygen atoms in total. The van der Waals surface area contributed by atoms with E-state index in [0.29, 0.717) is 21.6 Å². The maximum absolute atomic E-state index is 12.3. The molecule has 0 saturated heterocycles. The Kier molecular flexibility index (Phi) is 3.70. The van der Waals surface area contributed by atoms with Gasteiger partial charge in [0.2, 0.25) is 0 Å². The summed E-state index contributed by atoms with van der Waals surface area (Å²) < 4.78 is 8.69. The van der Waals surface area contributed by atoms with Gasteiger partial charge in [-0.3, -0.25) is 4.57 Å². The monoisotopic (exact) mass is 398 g/mol.